The maximum Gasteiger partial charge on any atom is 0.465 e. The van der Waals surface area contributed by atoms with Crippen LogP contribution < -0.4 is 0 Å². The number of rotatable bonds is 1. The summed E-state index contributed by atoms with van der Waals surface area (Å²) in [6.45, 7) is 8.44. The third-order valence-corrected chi connectivity index (χ3v) is 3.91. The molecule has 1 saturated heterocycles. The van der Waals surface area contributed by atoms with Gasteiger partial charge in [0.05, 0.1) is 11.2 Å². The maximum atomic E-state index is 6.03. The van der Waals surface area contributed by atoms with Crippen LogP contribution in [0.4, 0.5) is 0 Å². The summed E-state index contributed by atoms with van der Waals surface area (Å²) in [4.78, 5) is 0. The first-order valence-electron chi connectivity index (χ1n) is 5.95. The van der Waals surface area contributed by atoms with Crippen molar-refractivity contribution >= 4 is 7.12 Å². The largest absolute Gasteiger partial charge is 0.465 e. The molecule has 1 fully saturated rings. The van der Waals surface area contributed by atoms with Crippen LogP contribution in [0.15, 0.2) is 12.2 Å². The van der Waals surface area contributed by atoms with Crippen molar-refractivity contribution in [3.8, 4) is 0 Å². The van der Waals surface area contributed by atoms with Gasteiger partial charge in [-0.05, 0) is 47.0 Å². The van der Waals surface area contributed by atoms with Gasteiger partial charge in [-0.15, -0.1) is 0 Å². The van der Waals surface area contributed by atoms with E-state index in [1.165, 1.54) is 19.3 Å². The molecule has 0 spiro atoms. The molecule has 0 unspecified atom stereocenters. The van der Waals surface area contributed by atoms with Gasteiger partial charge in [-0.25, -0.2) is 0 Å². The summed E-state index contributed by atoms with van der Waals surface area (Å²) in [6.07, 6.45) is 8.15. The van der Waals surface area contributed by atoms with Crippen molar-refractivity contribution in [3.63, 3.8) is 0 Å². The zero-order valence-electron chi connectivity index (χ0n) is 10.2. The van der Waals surface area contributed by atoms with E-state index in [1.54, 1.807) is 0 Å². The Labute approximate surface area is 93.2 Å². The van der Waals surface area contributed by atoms with Crippen LogP contribution >= 0.6 is 0 Å². The van der Waals surface area contributed by atoms with Gasteiger partial charge in [0.2, 0.25) is 0 Å². The van der Waals surface area contributed by atoms with Crippen molar-refractivity contribution in [1.82, 2.24) is 0 Å². The Morgan fingerprint density at radius 1 is 1.13 bits per heavy atom. The van der Waals surface area contributed by atoms with Gasteiger partial charge in [0.25, 0.3) is 0 Å². The van der Waals surface area contributed by atoms with Crippen LogP contribution in [0.2, 0.25) is 5.82 Å². The van der Waals surface area contributed by atoms with Gasteiger partial charge in [-0.1, -0.05) is 12.2 Å². The Morgan fingerprint density at radius 3 is 2.20 bits per heavy atom. The molecule has 15 heavy (non-hydrogen) atoms. The molecule has 0 aromatic rings. The highest BCUT2D eigenvalue weighted by Crippen LogP contribution is 2.42. The predicted molar refractivity (Wildman–Crippen MR) is 62.8 cm³/mol. The van der Waals surface area contributed by atoms with E-state index < -0.39 is 0 Å². The minimum Gasteiger partial charge on any atom is -0.403 e. The Morgan fingerprint density at radius 2 is 1.73 bits per heavy atom. The smallest absolute Gasteiger partial charge is 0.403 e. The molecule has 0 N–H and O–H groups in total. The van der Waals surface area contributed by atoms with Gasteiger partial charge in [0.15, 0.2) is 0 Å². The topological polar surface area (TPSA) is 18.5 Å². The predicted octanol–water partition coefficient (Wildman–Crippen LogP) is 3.19. The van der Waals surface area contributed by atoms with Gasteiger partial charge in [-0.3, -0.25) is 0 Å². The van der Waals surface area contributed by atoms with Crippen molar-refractivity contribution < 1.29 is 9.31 Å². The molecule has 0 aromatic carbocycles. The van der Waals surface area contributed by atoms with Crippen molar-refractivity contribution in [2.24, 2.45) is 0 Å². The minimum absolute atomic E-state index is 0.0495. The molecule has 0 radical (unpaired) electrons. The second-order valence-corrected chi connectivity index (χ2v) is 5.65. The van der Waals surface area contributed by atoms with Crippen LogP contribution in [0, 0.1) is 0 Å². The molecule has 2 aliphatic rings. The van der Waals surface area contributed by atoms with Gasteiger partial charge in [-0.2, -0.15) is 0 Å². The number of hydrogen-bond acceptors (Lipinski definition) is 2. The molecule has 2 rings (SSSR count). The fourth-order valence-corrected chi connectivity index (χ4v) is 2.13. The highest BCUT2D eigenvalue weighted by Gasteiger charge is 2.53. The molecule has 0 aromatic heterocycles. The lowest BCUT2D eigenvalue weighted by Crippen LogP contribution is -2.41. The van der Waals surface area contributed by atoms with Crippen molar-refractivity contribution in [2.75, 3.05) is 0 Å². The maximum absolute atomic E-state index is 6.03. The van der Waals surface area contributed by atoms with E-state index in [0.717, 1.165) is 0 Å². The molecule has 84 valence electrons. The lowest BCUT2D eigenvalue weighted by Gasteiger charge is -2.32. The molecule has 0 saturated carbocycles. The Kier molecular flexibility index (Phi) is 2.72. The van der Waals surface area contributed by atoms with Gasteiger partial charge in [0.1, 0.15) is 0 Å². The Bertz CT molecular complexity index is 255. The summed E-state index contributed by atoms with van der Waals surface area (Å²) in [6, 6.07) is 0. The highest BCUT2D eigenvalue weighted by atomic mass is 16.7. The van der Waals surface area contributed by atoms with Gasteiger partial charge >= 0.3 is 7.12 Å². The van der Waals surface area contributed by atoms with Crippen LogP contribution in [-0.4, -0.2) is 18.3 Å². The fraction of sp³-hybridized carbons (Fsp3) is 0.833. The summed E-state index contributed by atoms with van der Waals surface area (Å²) in [5.41, 5.74) is -0.383. The molecule has 1 atom stereocenters. The van der Waals surface area contributed by atoms with Crippen LogP contribution in [0.1, 0.15) is 47.0 Å². The second kappa shape index (κ2) is 3.64. The average molecular weight is 208 g/mol. The molecule has 3 heteroatoms. The van der Waals surface area contributed by atoms with E-state index in [9.17, 15) is 0 Å². The summed E-state index contributed by atoms with van der Waals surface area (Å²) in [5, 5.41) is 0. The molecule has 2 nitrogen and oxygen atoms in total. The van der Waals surface area contributed by atoms with Crippen LogP contribution in [-0.2, 0) is 9.31 Å². The summed E-state index contributed by atoms with van der Waals surface area (Å²) in [5.74, 6) is 0.444. The summed E-state index contributed by atoms with van der Waals surface area (Å²) < 4.78 is 12.1. The summed E-state index contributed by atoms with van der Waals surface area (Å²) >= 11 is 0. The minimum atomic E-state index is -0.192. The third kappa shape index (κ3) is 2.00. The van der Waals surface area contributed by atoms with E-state index in [2.05, 4.69) is 39.8 Å². The Hall–Kier alpha value is -0.275. The fourth-order valence-electron chi connectivity index (χ4n) is 2.13. The Balaban J connectivity index is 2.08. The molecule has 0 amide bonds. The molecular weight excluding hydrogens is 187 g/mol. The van der Waals surface area contributed by atoms with Crippen molar-refractivity contribution in [3.05, 3.63) is 12.2 Å². The molecule has 1 aliphatic carbocycles. The van der Waals surface area contributed by atoms with E-state index in [-0.39, 0.29) is 18.3 Å². The average Bonchev–Trinajstić information content (AvgIpc) is 2.38. The standard InChI is InChI=1S/C12H21BO2/c1-11(2)12(3,4)15-13(14-11)10-8-6-5-7-9-10/h6,8,10H,5,7,9H2,1-4H3/t10-/m1/s1. The van der Waals surface area contributed by atoms with E-state index in [1.807, 2.05) is 0 Å². The highest BCUT2D eigenvalue weighted by molar-refractivity contribution is 6.48. The first kappa shape index (κ1) is 11.2. The van der Waals surface area contributed by atoms with E-state index >= 15 is 0 Å². The second-order valence-electron chi connectivity index (χ2n) is 5.65. The van der Waals surface area contributed by atoms with E-state index in [0.29, 0.717) is 5.82 Å². The first-order chi connectivity index (χ1) is 6.92. The zero-order chi connectivity index (χ0) is 11.1. The number of hydrogen-bond donors (Lipinski definition) is 0. The SMILES string of the molecule is CC1(C)OB([C@@H]2C=CCCC2)OC1(C)C. The lowest BCUT2D eigenvalue weighted by molar-refractivity contribution is 0.00578. The molecular formula is C12H21BO2. The quantitative estimate of drug-likeness (QED) is 0.486. The normalized spacial score (nSPS) is 33.3. The van der Waals surface area contributed by atoms with Crippen LogP contribution in [0.5, 0.6) is 0 Å². The molecule has 0 bridgehead atoms. The van der Waals surface area contributed by atoms with Gasteiger partial charge < -0.3 is 9.31 Å². The zero-order valence-corrected chi connectivity index (χ0v) is 10.2. The lowest BCUT2D eigenvalue weighted by atomic mass is 9.67. The van der Waals surface area contributed by atoms with E-state index in [4.69, 9.17) is 9.31 Å². The van der Waals surface area contributed by atoms with Crippen LogP contribution in [0.25, 0.3) is 0 Å². The number of allylic oxidation sites excluding steroid dienone is 2. The molecule has 1 heterocycles. The third-order valence-electron chi connectivity index (χ3n) is 3.91. The first-order valence-corrected chi connectivity index (χ1v) is 5.95. The molecule has 1 aliphatic heterocycles. The van der Waals surface area contributed by atoms with Crippen LogP contribution in [0.3, 0.4) is 0 Å². The van der Waals surface area contributed by atoms with Gasteiger partial charge in [0, 0.05) is 5.82 Å². The van der Waals surface area contributed by atoms with Crippen molar-refractivity contribution in [1.29, 1.82) is 0 Å². The summed E-state index contributed by atoms with van der Waals surface area (Å²) in [7, 11) is -0.0495. The van der Waals surface area contributed by atoms with Crippen molar-refractivity contribution in [2.45, 2.75) is 64.0 Å². The monoisotopic (exact) mass is 208 g/mol.